The Hall–Kier alpha value is -1.20. The van der Waals surface area contributed by atoms with E-state index >= 15 is 0 Å². The Bertz CT molecular complexity index is 703. The molecule has 2 aromatic rings. The van der Waals surface area contributed by atoms with E-state index in [1.54, 1.807) is 22.7 Å². The highest BCUT2D eigenvalue weighted by atomic mass is 32.1. The Balaban J connectivity index is 1.72. The molecule has 3 rings (SSSR count). The van der Waals surface area contributed by atoms with Gasteiger partial charge in [-0.3, -0.25) is 4.79 Å². The number of aromatic nitrogens is 1. The van der Waals surface area contributed by atoms with Crippen LogP contribution >= 0.6 is 22.7 Å². The van der Waals surface area contributed by atoms with Crippen LogP contribution in [0.5, 0.6) is 0 Å². The number of nitrogens with one attached hydrogen (secondary N) is 1. The lowest BCUT2D eigenvalue weighted by Gasteiger charge is -2.18. The Kier molecular flexibility index (Phi) is 4.36. The molecule has 1 N–H and O–H groups in total. The Morgan fingerprint density at radius 1 is 1.43 bits per heavy atom. The predicted molar refractivity (Wildman–Crippen MR) is 97.1 cm³/mol. The molecule has 0 spiro atoms. The molecule has 23 heavy (non-hydrogen) atoms. The van der Waals surface area contributed by atoms with E-state index in [9.17, 15) is 4.79 Å². The van der Waals surface area contributed by atoms with Crippen molar-refractivity contribution in [3.63, 3.8) is 0 Å². The van der Waals surface area contributed by atoms with Gasteiger partial charge >= 0.3 is 0 Å². The molecule has 5 heteroatoms. The smallest absolute Gasteiger partial charge is 0.232 e. The lowest BCUT2D eigenvalue weighted by Crippen LogP contribution is -2.36. The van der Waals surface area contributed by atoms with Crippen molar-refractivity contribution >= 4 is 28.6 Å². The van der Waals surface area contributed by atoms with Gasteiger partial charge in [0.15, 0.2) is 0 Å². The molecular formula is C18H24N2OS2. The average molecular weight is 349 g/mol. The fourth-order valence-electron chi connectivity index (χ4n) is 3.34. The number of thiophene rings is 1. The van der Waals surface area contributed by atoms with E-state index in [2.05, 4.69) is 42.5 Å². The maximum atomic E-state index is 12.9. The third kappa shape index (κ3) is 2.85. The van der Waals surface area contributed by atoms with Gasteiger partial charge in [0.25, 0.3) is 0 Å². The molecule has 1 aliphatic rings. The van der Waals surface area contributed by atoms with Gasteiger partial charge in [0.05, 0.1) is 22.7 Å². The first kappa shape index (κ1) is 16.7. The van der Waals surface area contributed by atoms with Crippen LogP contribution in [0.25, 0.3) is 0 Å². The summed E-state index contributed by atoms with van der Waals surface area (Å²) in [7, 11) is 0. The summed E-state index contributed by atoms with van der Waals surface area (Å²) in [6.45, 7) is 9.16. The zero-order valence-electron chi connectivity index (χ0n) is 14.2. The number of carbonyl (C=O) groups excluding carboxylic acids is 1. The summed E-state index contributed by atoms with van der Waals surface area (Å²) in [5.74, 6) is 0.162. The number of nitrogens with zero attached hydrogens (tertiary/aromatic N) is 1. The van der Waals surface area contributed by atoms with E-state index < -0.39 is 0 Å². The van der Waals surface area contributed by atoms with Crippen molar-refractivity contribution in [2.45, 2.75) is 58.9 Å². The number of hydrogen-bond donors (Lipinski definition) is 1. The summed E-state index contributed by atoms with van der Waals surface area (Å²) < 4.78 is 0. The predicted octanol–water partition coefficient (Wildman–Crippen LogP) is 4.45. The van der Waals surface area contributed by atoms with Gasteiger partial charge in [-0.2, -0.15) is 0 Å². The second kappa shape index (κ2) is 6.02. The van der Waals surface area contributed by atoms with E-state index in [0.717, 1.165) is 25.0 Å². The second-order valence-electron chi connectivity index (χ2n) is 6.99. The topological polar surface area (TPSA) is 42.0 Å². The minimum atomic E-state index is -0.341. The fraction of sp³-hybridized carbons (Fsp3) is 0.556. The van der Waals surface area contributed by atoms with E-state index in [1.165, 1.54) is 14.8 Å². The molecule has 1 amide bonds. The van der Waals surface area contributed by atoms with Gasteiger partial charge < -0.3 is 5.32 Å². The third-order valence-electron chi connectivity index (χ3n) is 4.88. The molecule has 3 nitrogen and oxygen atoms in total. The minimum Gasteiger partial charge on any atom is -0.350 e. The Labute approximate surface area is 146 Å². The molecule has 0 aromatic carbocycles. The van der Waals surface area contributed by atoms with Crippen LogP contribution in [0.3, 0.4) is 0 Å². The molecule has 1 aliphatic carbocycles. The summed E-state index contributed by atoms with van der Waals surface area (Å²) in [4.78, 5) is 19.9. The molecule has 0 aliphatic heterocycles. The SMILES string of the molecule is CCCc1nc(C)c(CNC(=O)C2(c3cccs3)CC2(C)C)s1. The van der Waals surface area contributed by atoms with E-state index in [0.29, 0.717) is 6.54 Å². The molecule has 1 fully saturated rings. The Morgan fingerprint density at radius 2 is 2.17 bits per heavy atom. The maximum Gasteiger partial charge on any atom is 0.232 e. The monoisotopic (exact) mass is 348 g/mol. The lowest BCUT2D eigenvalue weighted by atomic mass is 9.93. The summed E-state index contributed by atoms with van der Waals surface area (Å²) in [5, 5.41) is 6.41. The molecule has 2 aromatic heterocycles. The van der Waals surface area contributed by atoms with Crippen molar-refractivity contribution < 1.29 is 4.79 Å². The second-order valence-corrected chi connectivity index (χ2v) is 9.11. The molecule has 1 saturated carbocycles. The van der Waals surface area contributed by atoms with Crippen LogP contribution in [0, 0.1) is 12.3 Å². The molecule has 2 heterocycles. The van der Waals surface area contributed by atoms with Gasteiger partial charge in [0, 0.05) is 9.75 Å². The van der Waals surface area contributed by atoms with Crippen molar-refractivity contribution in [2.75, 3.05) is 0 Å². The van der Waals surface area contributed by atoms with Gasteiger partial charge in [-0.1, -0.05) is 26.8 Å². The zero-order chi connectivity index (χ0) is 16.7. The van der Waals surface area contributed by atoms with Gasteiger partial charge in [0.2, 0.25) is 5.91 Å². The number of aryl methyl sites for hydroxylation is 2. The minimum absolute atomic E-state index is 0.0397. The highest BCUT2D eigenvalue weighted by molar-refractivity contribution is 7.11. The first-order valence-electron chi connectivity index (χ1n) is 8.18. The number of hydrogen-bond acceptors (Lipinski definition) is 4. The van der Waals surface area contributed by atoms with Gasteiger partial charge in [-0.15, -0.1) is 22.7 Å². The molecule has 0 saturated heterocycles. The van der Waals surface area contributed by atoms with Gasteiger partial charge in [-0.05, 0) is 43.0 Å². The highest BCUT2D eigenvalue weighted by Crippen LogP contribution is 2.65. The Morgan fingerprint density at radius 3 is 2.74 bits per heavy atom. The standard InChI is InChI=1S/C18H24N2OS2/c1-5-7-15-20-12(2)13(23-15)10-19-16(21)18(11-17(18,3)4)14-8-6-9-22-14/h6,8-9H,5,7,10-11H2,1-4H3,(H,19,21). The quantitative estimate of drug-likeness (QED) is 0.838. The maximum absolute atomic E-state index is 12.9. The van der Waals surface area contributed by atoms with Crippen molar-refractivity contribution in [1.29, 1.82) is 0 Å². The first-order valence-corrected chi connectivity index (χ1v) is 9.88. The average Bonchev–Trinajstić information content (AvgIpc) is 2.91. The molecule has 1 unspecified atom stereocenters. The number of carbonyl (C=O) groups is 1. The van der Waals surface area contributed by atoms with Crippen LogP contribution in [0.15, 0.2) is 17.5 Å². The van der Waals surface area contributed by atoms with Crippen molar-refractivity contribution in [1.82, 2.24) is 10.3 Å². The number of thiazole rings is 1. The van der Waals surface area contributed by atoms with Crippen molar-refractivity contribution in [2.24, 2.45) is 5.41 Å². The molecule has 1 atom stereocenters. The third-order valence-corrected chi connectivity index (χ3v) is 7.13. The highest BCUT2D eigenvalue weighted by Gasteiger charge is 2.67. The summed E-state index contributed by atoms with van der Waals surface area (Å²) in [6.07, 6.45) is 3.05. The van der Waals surface area contributed by atoms with E-state index in [1.807, 2.05) is 13.0 Å². The fourth-order valence-corrected chi connectivity index (χ4v) is 5.56. The van der Waals surface area contributed by atoms with Crippen molar-refractivity contribution in [3.8, 4) is 0 Å². The lowest BCUT2D eigenvalue weighted by molar-refractivity contribution is -0.124. The van der Waals surface area contributed by atoms with Gasteiger partial charge in [0.1, 0.15) is 0 Å². The number of amides is 1. The molecule has 0 bridgehead atoms. The van der Waals surface area contributed by atoms with Crippen LogP contribution in [0.4, 0.5) is 0 Å². The van der Waals surface area contributed by atoms with Crippen LogP contribution in [0.1, 0.15) is 54.1 Å². The van der Waals surface area contributed by atoms with Crippen LogP contribution in [-0.2, 0) is 23.2 Å². The number of rotatable bonds is 6. The molecular weight excluding hydrogens is 324 g/mol. The largest absolute Gasteiger partial charge is 0.350 e. The van der Waals surface area contributed by atoms with Crippen molar-refractivity contribution in [3.05, 3.63) is 38.0 Å². The first-order chi connectivity index (χ1) is 10.9. The van der Waals surface area contributed by atoms with Crippen LogP contribution in [0.2, 0.25) is 0 Å². The summed E-state index contributed by atoms with van der Waals surface area (Å²) >= 11 is 3.42. The van der Waals surface area contributed by atoms with Gasteiger partial charge in [-0.25, -0.2) is 4.98 Å². The van der Waals surface area contributed by atoms with Crippen LogP contribution in [-0.4, -0.2) is 10.9 Å². The summed E-state index contributed by atoms with van der Waals surface area (Å²) in [5.41, 5.74) is 0.753. The zero-order valence-corrected chi connectivity index (χ0v) is 15.9. The van der Waals surface area contributed by atoms with Crippen LogP contribution < -0.4 is 5.32 Å². The van der Waals surface area contributed by atoms with E-state index in [-0.39, 0.29) is 16.7 Å². The molecule has 0 radical (unpaired) electrons. The normalized spacial score (nSPS) is 22.1. The summed E-state index contributed by atoms with van der Waals surface area (Å²) in [6, 6.07) is 4.13. The molecule has 124 valence electrons. The van der Waals surface area contributed by atoms with E-state index in [4.69, 9.17) is 0 Å².